The van der Waals surface area contributed by atoms with Crippen molar-refractivity contribution >= 4 is 59.0 Å². The van der Waals surface area contributed by atoms with Gasteiger partial charge in [0.1, 0.15) is 0 Å². The smallest absolute Gasteiger partial charge is 0.0506 e. The highest BCUT2D eigenvalue weighted by Gasteiger charge is 2.08. The van der Waals surface area contributed by atoms with Gasteiger partial charge >= 0.3 is 0 Å². The first-order chi connectivity index (χ1) is 6.24. The third-order valence-corrected chi connectivity index (χ3v) is 4.22. The van der Waals surface area contributed by atoms with Crippen molar-refractivity contribution in [1.82, 2.24) is 0 Å². The Balaban J connectivity index is 2.88. The maximum atomic E-state index is 5.89. The van der Waals surface area contributed by atoms with Crippen molar-refractivity contribution in [2.24, 2.45) is 0 Å². The van der Waals surface area contributed by atoms with E-state index >= 15 is 0 Å². The molecule has 1 nitrogen and oxygen atoms in total. The van der Waals surface area contributed by atoms with Crippen molar-refractivity contribution in [3.8, 4) is 0 Å². The predicted molar refractivity (Wildman–Crippen MR) is 66.6 cm³/mol. The summed E-state index contributed by atoms with van der Waals surface area (Å²) in [5.41, 5.74) is 7.99. The fraction of sp³-hybridized carbons (Fsp3) is 0.111. The number of rotatable bonds is 1. The third kappa shape index (κ3) is 1.51. The summed E-state index contributed by atoms with van der Waals surface area (Å²) in [6, 6.07) is 4.15. The molecular formula is C9H7Br2NS. The highest BCUT2D eigenvalue weighted by atomic mass is 79.9. The number of nitrogens with two attached hydrogens (primary N) is 1. The zero-order valence-electron chi connectivity index (χ0n) is 6.68. The monoisotopic (exact) mass is 319 g/mol. The van der Waals surface area contributed by atoms with Gasteiger partial charge in [0.15, 0.2) is 0 Å². The molecule has 1 aromatic heterocycles. The normalized spacial score (nSPS) is 10.9. The van der Waals surface area contributed by atoms with Gasteiger partial charge in [0, 0.05) is 25.3 Å². The Kier molecular flexibility index (Phi) is 2.62. The van der Waals surface area contributed by atoms with Crippen LogP contribution in [0.4, 0.5) is 5.69 Å². The van der Waals surface area contributed by atoms with Crippen molar-refractivity contribution in [2.75, 3.05) is 5.73 Å². The first-order valence-corrected chi connectivity index (χ1v) is 6.53. The lowest BCUT2D eigenvalue weighted by Crippen LogP contribution is -1.86. The summed E-state index contributed by atoms with van der Waals surface area (Å²) in [6.45, 7) is 0. The quantitative estimate of drug-likeness (QED) is 0.785. The first-order valence-electron chi connectivity index (χ1n) is 3.74. The van der Waals surface area contributed by atoms with Crippen molar-refractivity contribution in [3.63, 3.8) is 0 Å². The minimum absolute atomic E-state index is 0.825. The van der Waals surface area contributed by atoms with Crippen LogP contribution in [-0.4, -0.2) is 0 Å². The lowest BCUT2D eigenvalue weighted by atomic mass is 10.1. The Morgan fingerprint density at radius 1 is 1.38 bits per heavy atom. The van der Waals surface area contributed by atoms with Crippen molar-refractivity contribution in [1.29, 1.82) is 0 Å². The second kappa shape index (κ2) is 3.59. The molecule has 13 heavy (non-hydrogen) atoms. The molecule has 0 saturated carbocycles. The van der Waals surface area contributed by atoms with Gasteiger partial charge in [0.2, 0.25) is 0 Å². The van der Waals surface area contributed by atoms with E-state index in [0.29, 0.717) is 0 Å². The average molecular weight is 321 g/mol. The van der Waals surface area contributed by atoms with Gasteiger partial charge in [-0.3, -0.25) is 0 Å². The van der Waals surface area contributed by atoms with Gasteiger partial charge in [-0.15, -0.1) is 11.3 Å². The second-order valence-electron chi connectivity index (χ2n) is 2.72. The van der Waals surface area contributed by atoms with E-state index in [0.717, 1.165) is 15.5 Å². The Morgan fingerprint density at radius 3 is 2.85 bits per heavy atom. The summed E-state index contributed by atoms with van der Waals surface area (Å²) in [7, 11) is 0. The predicted octanol–water partition coefficient (Wildman–Crippen LogP) is 4.14. The van der Waals surface area contributed by atoms with Crippen LogP contribution in [0.2, 0.25) is 0 Å². The summed E-state index contributed by atoms with van der Waals surface area (Å²) >= 11 is 8.67. The zero-order valence-corrected chi connectivity index (χ0v) is 10.7. The van der Waals surface area contributed by atoms with Crippen LogP contribution in [0.15, 0.2) is 22.0 Å². The largest absolute Gasteiger partial charge is 0.398 e. The molecule has 1 aromatic carbocycles. The van der Waals surface area contributed by atoms with Crippen LogP contribution in [0.3, 0.4) is 0 Å². The van der Waals surface area contributed by atoms with E-state index in [1.165, 1.54) is 15.6 Å². The molecule has 0 saturated heterocycles. The van der Waals surface area contributed by atoms with Gasteiger partial charge in [0.05, 0.1) is 5.69 Å². The summed E-state index contributed by atoms with van der Waals surface area (Å²) < 4.78 is 2.36. The summed E-state index contributed by atoms with van der Waals surface area (Å²) in [4.78, 5) is 0. The molecule has 0 fully saturated rings. The Labute approximate surface area is 97.2 Å². The topological polar surface area (TPSA) is 26.0 Å². The van der Waals surface area contributed by atoms with Crippen LogP contribution in [0.5, 0.6) is 0 Å². The number of alkyl halides is 1. The Bertz CT molecular complexity index is 450. The van der Waals surface area contributed by atoms with Gasteiger partial charge in [-0.2, -0.15) is 0 Å². The van der Waals surface area contributed by atoms with E-state index in [-0.39, 0.29) is 0 Å². The minimum Gasteiger partial charge on any atom is -0.398 e. The number of nitrogen functional groups attached to an aromatic ring is 1. The molecule has 0 amide bonds. The van der Waals surface area contributed by atoms with E-state index in [2.05, 4.69) is 44.0 Å². The van der Waals surface area contributed by atoms with Crippen molar-refractivity contribution < 1.29 is 0 Å². The van der Waals surface area contributed by atoms with Gasteiger partial charge in [0.25, 0.3) is 0 Å². The van der Waals surface area contributed by atoms with Crippen LogP contribution < -0.4 is 5.73 Å². The third-order valence-electron chi connectivity index (χ3n) is 1.95. The zero-order chi connectivity index (χ0) is 9.42. The molecule has 0 spiro atoms. The van der Waals surface area contributed by atoms with E-state index in [1.54, 1.807) is 11.3 Å². The van der Waals surface area contributed by atoms with Crippen LogP contribution in [0, 0.1) is 0 Å². The fourth-order valence-electron chi connectivity index (χ4n) is 1.33. The lowest BCUT2D eigenvalue weighted by Gasteiger charge is -2.03. The number of halogens is 2. The van der Waals surface area contributed by atoms with Crippen LogP contribution in [0.25, 0.3) is 10.1 Å². The molecule has 0 bridgehead atoms. The highest BCUT2D eigenvalue weighted by molar-refractivity contribution is 9.10. The Morgan fingerprint density at radius 2 is 2.15 bits per heavy atom. The number of thiophene rings is 1. The molecule has 0 aliphatic rings. The van der Waals surface area contributed by atoms with Crippen molar-refractivity contribution in [2.45, 2.75) is 5.33 Å². The van der Waals surface area contributed by atoms with E-state index in [1.807, 2.05) is 5.38 Å². The molecule has 2 rings (SSSR count). The molecule has 0 atom stereocenters. The number of hydrogen-bond donors (Lipinski definition) is 1. The number of fused-ring (bicyclic) bond motifs is 1. The Hall–Kier alpha value is -0.0600. The molecule has 0 radical (unpaired) electrons. The van der Waals surface area contributed by atoms with Crippen molar-refractivity contribution in [3.05, 3.63) is 27.5 Å². The van der Waals surface area contributed by atoms with Gasteiger partial charge in [-0.25, -0.2) is 0 Å². The fourth-order valence-corrected chi connectivity index (χ4v) is 3.64. The maximum Gasteiger partial charge on any atom is 0.0506 e. The summed E-state index contributed by atoms with van der Waals surface area (Å²) in [6.07, 6.45) is 0. The minimum atomic E-state index is 0.825. The van der Waals surface area contributed by atoms with Gasteiger partial charge in [-0.05, 0) is 17.7 Å². The van der Waals surface area contributed by atoms with E-state index < -0.39 is 0 Å². The SMILES string of the molecule is Nc1csc2ccc(Br)c(CBr)c12. The van der Waals surface area contributed by atoms with E-state index in [4.69, 9.17) is 5.73 Å². The summed E-state index contributed by atoms with van der Waals surface area (Å²) in [5.74, 6) is 0. The van der Waals surface area contributed by atoms with Crippen LogP contribution >= 0.6 is 43.2 Å². The maximum absolute atomic E-state index is 5.89. The van der Waals surface area contributed by atoms with Crippen LogP contribution in [-0.2, 0) is 5.33 Å². The number of anilines is 1. The molecule has 68 valence electrons. The molecule has 0 aliphatic carbocycles. The number of benzene rings is 1. The molecule has 4 heteroatoms. The lowest BCUT2D eigenvalue weighted by molar-refractivity contribution is 1.46. The highest BCUT2D eigenvalue weighted by Crippen LogP contribution is 2.35. The second-order valence-corrected chi connectivity index (χ2v) is 5.05. The van der Waals surface area contributed by atoms with Gasteiger partial charge in [-0.1, -0.05) is 31.9 Å². The molecule has 1 heterocycles. The number of hydrogen-bond acceptors (Lipinski definition) is 2. The van der Waals surface area contributed by atoms with E-state index in [9.17, 15) is 0 Å². The average Bonchev–Trinajstić information content (AvgIpc) is 2.49. The molecule has 2 aromatic rings. The summed E-state index contributed by atoms with van der Waals surface area (Å²) in [5, 5.41) is 3.99. The first kappa shape index (κ1) is 9.49. The molecule has 0 unspecified atom stereocenters. The molecule has 0 aliphatic heterocycles. The standard InChI is InChI=1S/C9H7Br2NS/c10-3-5-6(11)1-2-8-9(5)7(12)4-13-8/h1-2,4H,3,12H2. The van der Waals surface area contributed by atoms with Gasteiger partial charge < -0.3 is 5.73 Å². The molecule has 2 N–H and O–H groups in total. The van der Waals surface area contributed by atoms with Crippen LogP contribution in [0.1, 0.15) is 5.56 Å². The molecular weight excluding hydrogens is 314 g/mol.